The molecule has 0 aromatic carbocycles. The molecule has 3 nitrogen and oxygen atoms in total. The minimum absolute atomic E-state index is 0.0214. The Morgan fingerprint density at radius 2 is 2.06 bits per heavy atom. The van der Waals surface area contributed by atoms with E-state index in [9.17, 15) is 0 Å². The summed E-state index contributed by atoms with van der Waals surface area (Å²) in [6.45, 7) is 16.7. The second kappa shape index (κ2) is 7.46. The lowest BCUT2D eigenvalue weighted by Crippen LogP contribution is -2.52. The zero-order valence-corrected chi connectivity index (χ0v) is 13.0. The summed E-state index contributed by atoms with van der Waals surface area (Å²) in [6.07, 6.45) is 2.93. The summed E-state index contributed by atoms with van der Waals surface area (Å²) in [4.78, 5) is 2.55. The molecule has 1 rings (SSSR count). The highest BCUT2D eigenvalue weighted by molar-refractivity contribution is 4.82. The molecule has 18 heavy (non-hydrogen) atoms. The lowest BCUT2D eigenvalue weighted by Gasteiger charge is -2.41. The quantitative estimate of drug-likeness (QED) is 0.708. The lowest BCUT2D eigenvalue weighted by atomic mass is 10.1. The summed E-state index contributed by atoms with van der Waals surface area (Å²) in [5.74, 6) is 0.755. The van der Waals surface area contributed by atoms with Gasteiger partial charge in [-0.25, -0.2) is 0 Å². The average molecular weight is 256 g/mol. The van der Waals surface area contributed by atoms with Crippen molar-refractivity contribution in [2.75, 3.05) is 32.7 Å². The van der Waals surface area contributed by atoms with E-state index < -0.39 is 0 Å². The fourth-order valence-electron chi connectivity index (χ4n) is 2.73. The largest absolute Gasteiger partial charge is 0.370 e. The highest BCUT2D eigenvalue weighted by Crippen LogP contribution is 2.20. The van der Waals surface area contributed by atoms with Crippen LogP contribution in [0.15, 0.2) is 0 Å². The van der Waals surface area contributed by atoms with E-state index in [1.165, 1.54) is 19.4 Å². The van der Waals surface area contributed by atoms with Crippen molar-refractivity contribution in [1.82, 2.24) is 10.2 Å². The highest BCUT2D eigenvalue weighted by atomic mass is 16.5. The van der Waals surface area contributed by atoms with Crippen molar-refractivity contribution in [3.8, 4) is 0 Å². The summed E-state index contributed by atoms with van der Waals surface area (Å²) >= 11 is 0. The number of rotatable bonds is 7. The van der Waals surface area contributed by atoms with Gasteiger partial charge in [-0.15, -0.1) is 0 Å². The van der Waals surface area contributed by atoms with Crippen LogP contribution in [0, 0.1) is 5.92 Å². The van der Waals surface area contributed by atoms with Crippen LogP contribution in [0.1, 0.15) is 47.5 Å². The molecular formula is C15H32N2O. The van der Waals surface area contributed by atoms with Gasteiger partial charge in [0.25, 0.3) is 0 Å². The van der Waals surface area contributed by atoms with Crippen LogP contribution in [0.4, 0.5) is 0 Å². The predicted octanol–water partition coefficient (Wildman–Crippen LogP) is 2.51. The van der Waals surface area contributed by atoms with Crippen LogP contribution in [-0.4, -0.2) is 49.3 Å². The van der Waals surface area contributed by atoms with E-state index in [2.05, 4.69) is 44.8 Å². The molecule has 1 aliphatic heterocycles. The van der Waals surface area contributed by atoms with Crippen molar-refractivity contribution < 1.29 is 4.74 Å². The Bertz CT molecular complexity index is 229. The number of morpholine rings is 1. The van der Waals surface area contributed by atoms with E-state index in [-0.39, 0.29) is 5.60 Å². The lowest BCUT2D eigenvalue weighted by molar-refractivity contribution is -0.128. The molecule has 0 spiro atoms. The number of nitrogens with zero attached hydrogens (tertiary/aromatic N) is 1. The zero-order chi connectivity index (χ0) is 13.6. The van der Waals surface area contributed by atoms with E-state index in [1.807, 2.05) is 0 Å². The summed E-state index contributed by atoms with van der Waals surface area (Å²) in [7, 11) is 0. The maximum absolute atomic E-state index is 5.92. The van der Waals surface area contributed by atoms with Crippen LogP contribution >= 0.6 is 0 Å². The molecule has 1 fully saturated rings. The van der Waals surface area contributed by atoms with Crippen molar-refractivity contribution in [3.05, 3.63) is 0 Å². The predicted molar refractivity (Wildman–Crippen MR) is 78.0 cm³/mol. The summed E-state index contributed by atoms with van der Waals surface area (Å²) in [5, 5.41) is 3.50. The van der Waals surface area contributed by atoms with Crippen LogP contribution in [0.25, 0.3) is 0 Å². The third kappa shape index (κ3) is 6.72. The van der Waals surface area contributed by atoms with Crippen LogP contribution < -0.4 is 5.32 Å². The monoisotopic (exact) mass is 256 g/mol. The van der Waals surface area contributed by atoms with Gasteiger partial charge in [0.15, 0.2) is 0 Å². The van der Waals surface area contributed by atoms with E-state index in [1.54, 1.807) is 0 Å². The molecule has 0 saturated carbocycles. The Labute approximate surface area is 113 Å². The van der Waals surface area contributed by atoms with Gasteiger partial charge < -0.3 is 10.1 Å². The first kappa shape index (κ1) is 15.9. The topological polar surface area (TPSA) is 24.5 Å². The first-order valence-electron chi connectivity index (χ1n) is 7.50. The molecule has 0 aromatic heterocycles. The van der Waals surface area contributed by atoms with Crippen LogP contribution in [0.5, 0.6) is 0 Å². The molecule has 1 atom stereocenters. The normalized spacial score (nSPS) is 24.7. The SMILES string of the molecule is CC(C)CNCCCCN1CC(C)OC(C)(C)C1. The van der Waals surface area contributed by atoms with Gasteiger partial charge in [0.05, 0.1) is 11.7 Å². The average Bonchev–Trinajstić information content (AvgIpc) is 2.19. The number of hydrogen-bond donors (Lipinski definition) is 1. The van der Waals surface area contributed by atoms with E-state index in [0.717, 1.165) is 32.1 Å². The fourth-order valence-corrected chi connectivity index (χ4v) is 2.73. The molecular weight excluding hydrogens is 224 g/mol. The Morgan fingerprint density at radius 3 is 2.67 bits per heavy atom. The molecule has 1 saturated heterocycles. The Balaban J connectivity index is 2.08. The van der Waals surface area contributed by atoms with Gasteiger partial charge in [-0.05, 0) is 59.2 Å². The van der Waals surface area contributed by atoms with E-state index in [4.69, 9.17) is 4.74 Å². The first-order chi connectivity index (χ1) is 8.39. The first-order valence-corrected chi connectivity index (χ1v) is 7.50. The van der Waals surface area contributed by atoms with Gasteiger partial charge in [-0.3, -0.25) is 4.90 Å². The maximum atomic E-state index is 5.92. The molecule has 108 valence electrons. The van der Waals surface area contributed by atoms with Crippen molar-refractivity contribution in [2.24, 2.45) is 5.92 Å². The minimum Gasteiger partial charge on any atom is -0.370 e. The molecule has 1 N–H and O–H groups in total. The number of ether oxygens (including phenoxy) is 1. The van der Waals surface area contributed by atoms with E-state index >= 15 is 0 Å². The van der Waals surface area contributed by atoms with Crippen molar-refractivity contribution in [1.29, 1.82) is 0 Å². The van der Waals surface area contributed by atoms with E-state index in [0.29, 0.717) is 6.10 Å². The Hall–Kier alpha value is -0.120. The van der Waals surface area contributed by atoms with Gasteiger partial charge in [0.1, 0.15) is 0 Å². The Kier molecular flexibility index (Phi) is 6.61. The molecule has 3 heteroatoms. The molecule has 1 unspecified atom stereocenters. The van der Waals surface area contributed by atoms with Crippen LogP contribution in [0.3, 0.4) is 0 Å². The minimum atomic E-state index is 0.0214. The van der Waals surface area contributed by atoms with Gasteiger partial charge in [0.2, 0.25) is 0 Å². The van der Waals surface area contributed by atoms with Gasteiger partial charge in [-0.2, -0.15) is 0 Å². The summed E-state index contributed by atoms with van der Waals surface area (Å²) in [6, 6.07) is 0. The molecule has 1 heterocycles. The smallest absolute Gasteiger partial charge is 0.0757 e. The number of hydrogen-bond acceptors (Lipinski definition) is 3. The van der Waals surface area contributed by atoms with Crippen LogP contribution in [-0.2, 0) is 4.74 Å². The highest BCUT2D eigenvalue weighted by Gasteiger charge is 2.30. The molecule has 0 amide bonds. The summed E-state index contributed by atoms with van der Waals surface area (Å²) in [5.41, 5.74) is 0.0214. The third-order valence-corrected chi connectivity index (χ3v) is 3.27. The molecule has 0 aromatic rings. The third-order valence-electron chi connectivity index (χ3n) is 3.27. The molecule has 1 aliphatic rings. The van der Waals surface area contributed by atoms with Crippen molar-refractivity contribution in [3.63, 3.8) is 0 Å². The van der Waals surface area contributed by atoms with Gasteiger partial charge >= 0.3 is 0 Å². The second-order valence-corrected chi connectivity index (χ2v) is 6.73. The Morgan fingerprint density at radius 1 is 1.33 bits per heavy atom. The number of unbranched alkanes of at least 4 members (excludes halogenated alkanes) is 1. The number of nitrogens with one attached hydrogen (secondary N) is 1. The van der Waals surface area contributed by atoms with Crippen molar-refractivity contribution >= 4 is 0 Å². The van der Waals surface area contributed by atoms with Gasteiger partial charge in [0, 0.05) is 13.1 Å². The maximum Gasteiger partial charge on any atom is 0.0757 e. The zero-order valence-electron chi connectivity index (χ0n) is 13.0. The summed E-state index contributed by atoms with van der Waals surface area (Å²) < 4.78 is 5.92. The van der Waals surface area contributed by atoms with Crippen LogP contribution in [0.2, 0.25) is 0 Å². The fraction of sp³-hybridized carbons (Fsp3) is 1.00. The van der Waals surface area contributed by atoms with Crippen molar-refractivity contribution in [2.45, 2.75) is 59.2 Å². The second-order valence-electron chi connectivity index (χ2n) is 6.73. The molecule has 0 radical (unpaired) electrons. The molecule has 0 bridgehead atoms. The molecule has 0 aliphatic carbocycles. The standard InChI is InChI=1S/C15H32N2O/c1-13(2)10-16-8-6-7-9-17-11-14(3)18-15(4,5)12-17/h13-14,16H,6-12H2,1-5H3. The van der Waals surface area contributed by atoms with Gasteiger partial charge in [-0.1, -0.05) is 13.8 Å².